The Kier molecular flexibility index (Phi) is 10.3. The van der Waals surface area contributed by atoms with Crippen LogP contribution in [0.25, 0.3) is 11.0 Å². The zero-order valence-corrected chi connectivity index (χ0v) is 20.3. The largest absolute Gasteiger partial charge is 0.387 e. The zero-order valence-electron chi connectivity index (χ0n) is 18.0. The topological polar surface area (TPSA) is 97.8 Å². The minimum Gasteiger partial charge on any atom is -0.387 e. The number of hydrogen-bond acceptors (Lipinski definition) is 5. The van der Waals surface area contributed by atoms with Gasteiger partial charge in [0.25, 0.3) is 0 Å². The summed E-state index contributed by atoms with van der Waals surface area (Å²) in [6.07, 6.45) is 1.81. The second-order valence-corrected chi connectivity index (χ2v) is 7.81. The minimum absolute atomic E-state index is 0. The number of fused-ring (bicyclic) bond motifs is 1. The second-order valence-electron chi connectivity index (χ2n) is 7.81. The van der Waals surface area contributed by atoms with E-state index in [1.54, 1.807) is 0 Å². The molecule has 1 saturated heterocycles. The molecule has 9 heteroatoms. The third kappa shape index (κ3) is 8.01. The first-order valence-corrected chi connectivity index (χ1v) is 10.5. The summed E-state index contributed by atoms with van der Waals surface area (Å²) in [6, 6.07) is 8.08. The maximum Gasteiger partial charge on any atom is 0.191 e. The van der Waals surface area contributed by atoms with Gasteiger partial charge in [0.05, 0.1) is 36.4 Å². The number of imidazole rings is 1. The molecule has 0 aliphatic carbocycles. The lowest BCUT2D eigenvalue weighted by molar-refractivity contribution is -0.0179. The molecule has 0 bridgehead atoms. The standard InChI is InChI=1S/C21H34N6O2.HI/c1-3-22-20(24-15-21(2,28)16-27-11-13-29-14-12-27)23-10-6-9-19-25-17-7-4-5-8-18(17)26-19;/h4-5,7-8,28H,3,6,9-16H2,1-2H3,(H,25,26)(H2,22,23,24);1H. The molecule has 1 aromatic carbocycles. The molecule has 4 N–H and O–H groups in total. The van der Waals surface area contributed by atoms with Crippen molar-refractivity contribution in [1.29, 1.82) is 0 Å². The first-order chi connectivity index (χ1) is 14.1. The SMILES string of the molecule is CCNC(=NCC(C)(O)CN1CCOCC1)NCCCc1nc2ccccc2[nH]1.I. The summed E-state index contributed by atoms with van der Waals surface area (Å²) in [6.45, 7) is 9.59. The highest BCUT2D eigenvalue weighted by molar-refractivity contribution is 14.0. The molecule has 3 rings (SSSR count). The predicted molar refractivity (Wildman–Crippen MR) is 132 cm³/mol. The van der Waals surface area contributed by atoms with E-state index in [4.69, 9.17) is 4.74 Å². The number of aryl methyl sites for hydroxylation is 1. The van der Waals surface area contributed by atoms with E-state index in [9.17, 15) is 5.11 Å². The van der Waals surface area contributed by atoms with E-state index in [2.05, 4.69) is 30.5 Å². The van der Waals surface area contributed by atoms with Gasteiger partial charge in [0, 0.05) is 39.1 Å². The number of hydrogen-bond donors (Lipinski definition) is 4. The van der Waals surface area contributed by atoms with Crippen LogP contribution < -0.4 is 10.6 Å². The van der Waals surface area contributed by atoms with Gasteiger partial charge in [0.1, 0.15) is 5.82 Å². The number of aliphatic hydroxyl groups is 1. The summed E-state index contributed by atoms with van der Waals surface area (Å²) in [5.74, 6) is 1.74. The first kappa shape index (κ1) is 24.8. The van der Waals surface area contributed by atoms with Crippen molar-refractivity contribution in [2.75, 3.05) is 52.5 Å². The highest BCUT2D eigenvalue weighted by Crippen LogP contribution is 2.11. The summed E-state index contributed by atoms with van der Waals surface area (Å²) in [4.78, 5) is 14.8. The van der Waals surface area contributed by atoms with Crippen LogP contribution in [0.3, 0.4) is 0 Å². The molecule has 1 atom stereocenters. The molecule has 30 heavy (non-hydrogen) atoms. The number of H-pyrrole nitrogens is 1. The summed E-state index contributed by atoms with van der Waals surface area (Å²) in [5.41, 5.74) is 1.22. The van der Waals surface area contributed by atoms with Gasteiger partial charge in [-0.05, 0) is 32.4 Å². The molecule has 0 saturated carbocycles. The van der Waals surface area contributed by atoms with Gasteiger partial charge < -0.3 is 25.5 Å². The normalized spacial score (nSPS) is 17.4. The smallest absolute Gasteiger partial charge is 0.191 e. The average molecular weight is 530 g/mol. The molecule has 1 unspecified atom stereocenters. The number of aromatic nitrogens is 2. The van der Waals surface area contributed by atoms with E-state index in [0.717, 1.165) is 75.1 Å². The quantitative estimate of drug-likeness (QED) is 0.171. The number of para-hydroxylation sites is 2. The summed E-state index contributed by atoms with van der Waals surface area (Å²) in [7, 11) is 0. The Morgan fingerprint density at radius 3 is 2.80 bits per heavy atom. The van der Waals surface area contributed by atoms with Crippen molar-refractivity contribution in [2.45, 2.75) is 32.3 Å². The second kappa shape index (κ2) is 12.4. The predicted octanol–water partition coefficient (Wildman–Crippen LogP) is 1.75. The van der Waals surface area contributed by atoms with Crippen LogP contribution in [-0.2, 0) is 11.2 Å². The lowest BCUT2D eigenvalue weighted by Crippen LogP contribution is -2.48. The fraction of sp³-hybridized carbons (Fsp3) is 0.619. The van der Waals surface area contributed by atoms with Gasteiger partial charge >= 0.3 is 0 Å². The van der Waals surface area contributed by atoms with Gasteiger partial charge in [-0.2, -0.15) is 0 Å². The van der Waals surface area contributed by atoms with Crippen LogP contribution in [-0.4, -0.2) is 84.0 Å². The molecule has 0 spiro atoms. The monoisotopic (exact) mass is 530 g/mol. The zero-order chi connectivity index (χ0) is 20.5. The molecule has 0 amide bonds. The van der Waals surface area contributed by atoms with Gasteiger partial charge in [-0.1, -0.05) is 12.1 Å². The van der Waals surface area contributed by atoms with Crippen LogP contribution in [0.1, 0.15) is 26.1 Å². The van der Waals surface area contributed by atoms with Gasteiger partial charge in [0.15, 0.2) is 5.96 Å². The van der Waals surface area contributed by atoms with E-state index in [-0.39, 0.29) is 24.0 Å². The Hall–Kier alpha value is -1.43. The third-order valence-corrected chi connectivity index (χ3v) is 4.91. The Labute approximate surface area is 195 Å². The summed E-state index contributed by atoms with van der Waals surface area (Å²) in [5, 5.41) is 17.3. The molecular formula is C21H35IN6O2. The van der Waals surface area contributed by atoms with Crippen LogP contribution >= 0.6 is 24.0 Å². The van der Waals surface area contributed by atoms with Crippen molar-refractivity contribution in [2.24, 2.45) is 4.99 Å². The fourth-order valence-corrected chi connectivity index (χ4v) is 3.47. The van der Waals surface area contributed by atoms with E-state index in [0.29, 0.717) is 13.1 Å². The molecule has 2 heterocycles. The van der Waals surface area contributed by atoms with E-state index in [1.165, 1.54) is 0 Å². The van der Waals surface area contributed by atoms with Crippen molar-refractivity contribution in [1.82, 2.24) is 25.5 Å². The minimum atomic E-state index is -0.867. The molecule has 1 aromatic heterocycles. The van der Waals surface area contributed by atoms with Gasteiger partial charge in [-0.15, -0.1) is 24.0 Å². The molecule has 0 radical (unpaired) electrons. The van der Waals surface area contributed by atoms with Crippen LogP contribution in [0.4, 0.5) is 0 Å². The highest BCUT2D eigenvalue weighted by Gasteiger charge is 2.25. The number of β-amino-alcohol motifs (C(OH)–C–C–N with tert-alkyl or cyclic N) is 1. The van der Waals surface area contributed by atoms with Gasteiger partial charge in [-0.3, -0.25) is 9.89 Å². The number of aromatic amines is 1. The number of morpholine rings is 1. The number of ether oxygens (including phenoxy) is 1. The van der Waals surface area contributed by atoms with Crippen molar-refractivity contribution >= 4 is 41.0 Å². The van der Waals surface area contributed by atoms with Crippen LogP contribution in [0.2, 0.25) is 0 Å². The summed E-state index contributed by atoms with van der Waals surface area (Å²) >= 11 is 0. The number of aliphatic imine (C=N–C) groups is 1. The van der Waals surface area contributed by atoms with Crippen LogP contribution in [0, 0.1) is 0 Å². The van der Waals surface area contributed by atoms with Crippen LogP contribution in [0.15, 0.2) is 29.3 Å². The number of guanidine groups is 1. The van der Waals surface area contributed by atoms with Crippen molar-refractivity contribution in [3.8, 4) is 0 Å². The van der Waals surface area contributed by atoms with E-state index >= 15 is 0 Å². The average Bonchev–Trinajstić information content (AvgIpc) is 3.12. The summed E-state index contributed by atoms with van der Waals surface area (Å²) < 4.78 is 5.37. The lowest BCUT2D eigenvalue weighted by Gasteiger charge is -2.33. The maximum absolute atomic E-state index is 10.7. The Morgan fingerprint density at radius 1 is 1.30 bits per heavy atom. The Morgan fingerprint density at radius 2 is 2.07 bits per heavy atom. The molecule has 2 aromatic rings. The van der Waals surface area contributed by atoms with E-state index < -0.39 is 5.60 Å². The van der Waals surface area contributed by atoms with Crippen molar-refractivity contribution < 1.29 is 9.84 Å². The number of halogens is 1. The molecule has 168 valence electrons. The molecule has 1 aliphatic heterocycles. The molecule has 1 fully saturated rings. The number of rotatable bonds is 9. The maximum atomic E-state index is 10.7. The van der Waals surface area contributed by atoms with Gasteiger partial charge in [0.2, 0.25) is 0 Å². The number of benzene rings is 1. The fourth-order valence-electron chi connectivity index (χ4n) is 3.47. The first-order valence-electron chi connectivity index (χ1n) is 10.5. The highest BCUT2D eigenvalue weighted by atomic mass is 127. The number of nitrogens with zero attached hydrogens (tertiary/aromatic N) is 3. The Bertz CT molecular complexity index is 756. The molecule has 8 nitrogen and oxygen atoms in total. The molecular weight excluding hydrogens is 495 g/mol. The third-order valence-electron chi connectivity index (χ3n) is 4.91. The molecule has 1 aliphatic rings. The Balaban J connectivity index is 0.00000320. The van der Waals surface area contributed by atoms with E-state index in [1.807, 2.05) is 38.1 Å². The van der Waals surface area contributed by atoms with Crippen LogP contribution in [0.5, 0.6) is 0 Å². The van der Waals surface area contributed by atoms with Crippen molar-refractivity contribution in [3.05, 3.63) is 30.1 Å². The lowest BCUT2D eigenvalue weighted by atomic mass is 10.1. The number of nitrogens with one attached hydrogen (secondary N) is 3. The van der Waals surface area contributed by atoms with Gasteiger partial charge in [-0.25, -0.2) is 4.98 Å². The van der Waals surface area contributed by atoms with Crippen molar-refractivity contribution in [3.63, 3.8) is 0 Å².